The monoisotopic (exact) mass is 225 g/mol. The Morgan fingerprint density at radius 1 is 1.42 bits per heavy atom. The van der Waals surface area contributed by atoms with Crippen molar-refractivity contribution in [1.29, 1.82) is 0 Å². The zero-order chi connectivity index (χ0) is 8.97. The first kappa shape index (κ1) is 9.26. The van der Waals surface area contributed by atoms with Crippen molar-refractivity contribution in [2.45, 2.75) is 0 Å². The molecule has 0 unspecified atom stereocenters. The number of benzene rings is 1. The van der Waals surface area contributed by atoms with Crippen LogP contribution in [0.15, 0.2) is 24.3 Å². The highest BCUT2D eigenvalue weighted by Crippen LogP contribution is 2.08. The van der Waals surface area contributed by atoms with Crippen LogP contribution in [0.5, 0.6) is 0 Å². The summed E-state index contributed by atoms with van der Waals surface area (Å²) < 4.78 is 0. The quantitative estimate of drug-likeness (QED) is 0.768. The van der Waals surface area contributed by atoms with Crippen LogP contribution in [0.1, 0.15) is 5.56 Å². The van der Waals surface area contributed by atoms with Gasteiger partial charge in [-0.1, -0.05) is 28.1 Å². The van der Waals surface area contributed by atoms with E-state index in [0.29, 0.717) is 10.9 Å². The van der Waals surface area contributed by atoms with E-state index in [1.807, 2.05) is 0 Å². The normalized spacial score (nSPS) is 9.50. The third-order valence-corrected chi connectivity index (χ3v) is 1.83. The number of hydrogen-bond donors (Lipinski definition) is 1. The molecule has 0 fully saturated rings. The lowest BCUT2D eigenvalue weighted by Crippen LogP contribution is -2.11. The van der Waals surface area contributed by atoms with Gasteiger partial charge in [-0.3, -0.25) is 4.79 Å². The van der Waals surface area contributed by atoms with Crippen LogP contribution >= 0.6 is 15.9 Å². The molecule has 0 saturated carbocycles. The summed E-state index contributed by atoms with van der Waals surface area (Å²) in [5.74, 6) is -0.0697. The molecule has 12 heavy (non-hydrogen) atoms. The molecule has 0 heterocycles. The van der Waals surface area contributed by atoms with E-state index >= 15 is 0 Å². The number of nitrogens with one attached hydrogen (secondary N) is 1. The van der Waals surface area contributed by atoms with E-state index in [2.05, 4.69) is 21.2 Å². The van der Waals surface area contributed by atoms with Crippen molar-refractivity contribution >= 4 is 27.5 Å². The van der Waals surface area contributed by atoms with Gasteiger partial charge in [-0.05, 0) is 24.6 Å². The number of alkyl halides is 1. The number of anilines is 1. The molecule has 0 bridgehead atoms. The molecule has 2 nitrogen and oxygen atoms in total. The second kappa shape index (κ2) is 4.26. The summed E-state index contributed by atoms with van der Waals surface area (Å²) in [6.07, 6.45) is 0. The molecule has 0 saturated heterocycles. The summed E-state index contributed by atoms with van der Waals surface area (Å²) in [4.78, 5) is 10.9. The number of rotatable bonds is 2. The van der Waals surface area contributed by atoms with Crippen LogP contribution < -0.4 is 5.32 Å². The van der Waals surface area contributed by atoms with Crippen LogP contribution in [-0.4, -0.2) is 11.2 Å². The molecule has 1 rings (SSSR count). The third kappa shape index (κ3) is 2.66. The number of halogens is 1. The van der Waals surface area contributed by atoms with Gasteiger partial charge in [0.15, 0.2) is 0 Å². The maximum Gasteiger partial charge on any atom is 0.235 e. The summed E-state index contributed by atoms with van der Waals surface area (Å²) in [6.45, 7) is 5.47. The van der Waals surface area contributed by atoms with E-state index in [0.717, 1.165) is 5.69 Å². The van der Waals surface area contributed by atoms with Gasteiger partial charge in [0, 0.05) is 5.69 Å². The second-order valence-corrected chi connectivity index (χ2v) is 2.86. The van der Waals surface area contributed by atoms with Crippen molar-refractivity contribution in [3.8, 4) is 0 Å². The van der Waals surface area contributed by atoms with Crippen LogP contribution in [0, 0.1) is 6.92 Å². The van der Waals surface area contributed by atoms with Gasteiger partial charge >= 0.3 is 0 Å². The molecule has 0 atom stereocenters. The lowest BCUT2D eigenvalue weighted by Gasteiger charge is -2.01. The molecular formula is C9H8BrNO. The van der Waals surface area contributed by atoms with E-state index in [-0.39, 0.29) is 5.91 Å². The van der Waals surface area contributed by atoms with Gasteiger partial charge in [-0.2, -0.15) is 0 Å². The standard InChI is InChI=1S/C9H8BrNO/c1-7-2-4-8(5-3-7)11-9(12)6-10/h1-5H,6H2,(H,11,12). The van der Waals surface area contributed by atoms with Crippen molar-refractivity contribution < 1.29 is 4.79 Å². The highest BCUT2D eigenvalue weighted by molar-refractivity contribution is 9.09. The molecule has 0 spiro atoms. The molecule has 2 radical (unpaired) electrons. The molecule has 1 aromatic rings. The van der Waals surface area contributed by atoms with Gasteiger partial charge in [0.1, 0.15) is 0 Å². The Morgan fingerprint density at radius 3 is 2.50 bits per heavy atom. The molecule has 0 aromatic heterocycles. The first-order valence-electron chi connectivity index (χ1n) is 3.43. The Labute approximate surface area is 80.1 Å². The van der Waals surface area contributed by atoms with Crippen LogP contribution in [0.25, 0.3) is 0 Å². The predicted molar refractivity (Wildman–Crippen MR) is 52.3 cm³/mol. The van der Waals surface area contributed by atoms with Gasteiger partial charge in [0.2, 0.25) is 5.91 Å². The van der Waals surface area contributed by atoms with E-state index in [1.165, 1.54) is 0 Å². The van der Waals surface area contributed by atoms with Gasteiger partial charge in [-0.25, -0.2) is 0 Å². The Morgan fingerprint density at radius 2 is 2.00 bits per heavy atom. The minimum absolute atomic E-state index is 0.0697. The summed E-state index contributed by atoms with van der Waals surface area (Å²) >= 11 is 3.05. The Balaban J connectivity index is 2.64. The summed E-state index contributed by atoms with van der Waals surface area (Å²) in [7, 11) is 0. The Hall–Kier alpha value is -0.830. The van der Waals surface area contributed by atoms with Gasteiger partial charge in [0.25, 0.3) is 0 Å². The lowest BCUT2D eigenvalue weighted by atomic mass is 10.2. The Kier molecular flexibility index (Phi) is 3.29. The largest absolute Gasteiger partial charge is 0.325 e. The number of carbonyl (C=O) groups is 1. The summed E-state index contributed by atoms with van der Waals surface area (Å²) in [5.41, 5.74) is 1.44. The van der Waals surface area contributed by atoms with Gasteiger partial charge < -0.3 is 5.32 Å². The first-order chi connectivity index (χ1) is 5.72. The van der Waals surface area contributed by atoms with E-state index < -0.39 is 0 Å². The van der Waals surface area contributed by atoms with E-state index in [9.17, 15) is 4.79 Å². The molecule has 1 aromatic carbocycles. The summed E-state index contributed by atoms with van der Waals surface area (Å²) in [5, 5.41) is 2.98. The summed E-state index contributed by atoms with van der Waals surface area (Å²) in [6, 6.07) is 7.00. The molecule has 1 N–H and O–H groups in total. The van der Waals surface area contributed by atoms with E-state index in [1.54, 1.807) is 24.3 Å². The van der Waals surface area contributed by atoms with Gasteiger partial charge in [0.05, 0.1) is 5.33 Å². The third-order valence-electron chi connectivity index (χ3n) is 1.32. The van der Waals surface area contributed by atoms with Crippen LogP contribution in [0.4, 0.5) is 5.69 Å². The predicted octanol–water partition coefficient (Wildman–Crippen LogP) is 2.08. The molecule has 0 aliphatic carbocycles. The minimum atomic E-state index is -0.0697. The van der Waals surface area contributed by atoms with Crippen molar-refractivity contribution in [2.75, 3.05) is 10.6 Å². The molecule has 1 amide bonds. The van der Waals surface area contributed by atoms with Crippen molar-refractivity contribution in [3.05, 3.63) is 36.8 Å². The fraction of sp³-hybridized carbons (Fsp3) is 0.111. The highest BCUT2D eigenvalue weighted by Gasteiger charge is 1.97. The van der Waals surface area contributed by atoms with Crippen LogP contribution in [0.2, 0.25) is 0 Å². The average Bonchev–Trinajstić information content (AvgIpc) is 2.09. The number of amides is 1. The average molecular weight is 226 g/mol. The zero-order valence-corrected chi connectivity index (χ0v) is 7.97. The fourth-order valence-corrected chi connectivity index (χ4v) is 0.901. The topological polar surface area (TPSA) is 29.1 Å². The molecular weight excluding hydrogens is 218 g/mol. The molecule has 0 aliphatic heterocycles. The number of carbonyl (C=O) groups excluding carboxylic acids is 1. The van der Waals surface area contributed by atoms with Crippen LogP contribution in [-0.2, 0) is 4.79 Å². The maximum absolute atomic E-state index is 10.9. The fourth-order valence-electron chi connectivity index (χ4n) is 0.761. The molecule has 62 valence electrons. The lowest BCUT2D eigenvalue weighted by molar-refractivity contribution is -0.113. The minimum Gasteiger partial charge on any atom is -0.325 e. The molecule has 0 aliphatic rings. The Bertz CT molecular complexity index is 268. The van der Waals surface area contributed by atoms with Crippen molar-refractivity contribution in [2.24, 2.45) is 0 Å². The number of hydrogen-bond acceptors (Lipinski definition) is 1. The second-order valence-electron chi connectivity index (χ2n) is 2.30. The maximum atomic E-state index is 10.9. The van der Waals surface area contributed by atoms with E-state index in [4.69, 9.17) is 6.92 Å². The first-order valence-corrected chi connectivity index (χ1v) is 4.56. The zero-order valence-electron chi connectivity index (χ0n) is 6.38. The van der Waals surface area contributed by atoms with Gasteiger partial charge in [-0.15, -0.1) is 0 Å². The SMILES string of the molecule is [CH]c1ccc(NC(=O)CBr)cc1. The van der Waals surface area contributed by atoms with Crippen LogP contribution in [0.3, 0.4) is 0 Å². The highest BCUT2D eigenvalue weighted by atomic mass is 79.9. The van der Waals surface area contributed by atoms with Crippen molar-refractivity contribution in [1.82, 2.24) is 0 Å². The van der Waals surface area contributed by atoms with Crippen molar-refractivity contribution in [3.63, 3.8) is 0 Å². The molecule has 3 heteroatoms. The smallest absolute Gasteiger partial charge is 0.235 e.